The van der Waals surface area contributed by atoms with Crippen molar-refractivity contribution < 1.29 is 9.53 Å². The fourth-order valence-electron chi connectivity index (χ4n) is 3.40. The van der Waals surface area contributed by atoms with Crippen LogP contribution in [-0.2, 0) is 16.0 Å². The summed E-state index contributed by atoms with van der Waals surface area (Å²) in [5.74, 6) is -0.0971. The number of nitrogens with zero attached hydrogens (tertiary/aromatic N) is 1. The van der Waals surface area contributed by atoms with Crippen molar-refractivity contribution in [3.8, 4) is 11.3 Å². The first kappa shape index (κ1) is 21.8. The van der Waals surface area contributed by atoms with Gasteiger partial charge >= 0.3 is 0 Å². The van der Waals surface area contributed by atoms with Crippen LogP contribution < -0.4 is 10.6 Å². The third-order valence-corrected chi connectivity index (χ3v) is 5.89. The number of aryl methyl sites for hydroxylation is 2. The van der Waals surface area contributed by atoms with E-state index in [0.717, 1.165) is 42.1 Å². The summed E-state index contributed by atoms with van der Waals surface area (Å²) in [7, 11) is 1.61. The van der Waals surface area contributed by atoms with E-state index in [0.29, 0.717) is 18.0 Å². The molecule has 1 amide bonds. The summed E-state index contributed by atoms with van der Waals surface area (Å²) in [6.07, 6.45) is 3.57. The van der Waals surface area contributed by atoms with Crippen molar-refractivity contribution in [1.29, 1.82) is 0 Å². The number of hydrogen-bond acceptors (Lipinski definition) is 5. The third-order valence-electron chi connectivity index (χ3n) is 5.00. The molecule has 1 aromatic carbocycles. The van der Waals surface area contributed by atoms with E-state index in [-0.39, 0.29) is 18.3 Å². The molecule has 7 heteroatoms. The number of amides is 1. The Hall–Kier alpha value is -1.47. The molecule has 3 rings (SSSR count). The number of nitrogens with one attached hydrogen (secondary N) is 2. The third kappa shape index (κ3) is 4.88. The van der Waals surface area contributed by atoms with E-state index >= 15 is 0 Å². The molecule has 0 radical (unpaired) electrons. The minimum absolute atomic E-state index is 0. The Kier molecular flexibility index (Phi) is 7.79. The number of anilines is 1. The van der Waals surface area contributed by atoms with Crippen LogP contribution in [0.4, 0.5) is 5.13 Å². The number of methoxy groups -OCH3 is 1. The Bertz CT molecular complexity index is 755. The second-order valence-corrected chi connectivity index (χ2v) is 7.98. The Morgan fingerprint density at radius 1 is 1.30 bits per heavy atom. The average Bonchev–Trinajstić information content (AvgIpc) is 3.03. The zero-order valence-corrected chi connectivity index (χ0v) is 17.8. The molecule has 0 saturated carbocycles. The second kappa shape index (κ2) is 9.64. The zero-order chi connectivity index (χ0) is 18.6. The Morgan fingerprint density at radius 3 is 2.56 bits per heavy atom. The lowest BCUT2D eigenvalue weighted by molar-refractivity contribution is -0.140. The standard InChI is InChI=1S/C20H27N3O2S.ClH/c1-4-5-15-6-8-16(9-7-15)17-14(2)26-19(22-17)23-18(24)20(25-3)10-12-21-13-11-20;/h6-9,21H,4-5,10-13H2,1-3H3,(H,22,23,24);1H. The molecule has 2 N–H and O–H groups in total. The number of rotatable bonds is 6. The van der Waals surface area contributed by atoms with Crippen LogP contribution in [0.2, 0.25) is 0 Å². The predicted molar refractivity (Wildman–Crippen MR) is 114 cm³/mol. The molecular formula is C20H28ClN3O2S. The molecule has 2 aromatic rings. The minimum atomic E-state index is -0.757. The van der Waals surface area contributed by atoms with Crippen LogP contribution in [0.3, 0.4) is 0 Å². The number of ether oxygens (including phenoxy) is 1. The quantitative estimate of drug-likeness (QED) is 0.750. The van der Waals surface area contributed by atoms with Crippen molar-refractivity contribution in [2.45, 2.75) is 45.1 Å². The van der Waals surface area contributed by atoms with Gasteiger partial charge in [-0.2, -0.15) is 0 Å². The molecule has 0 spiro atoms. The largest absolute Gasteiger partial charge is 0.368 e. The molecule has 1 aliphatic heterocycles. The molecule has 148 valence electrons. The molecule has 0 unspecified atom stereocenters. The lowest BCUT2D eigenvalue weighted by atomic mass is 9.91. The maximum absolute atomic E-state index is 12.8. The monoisotopic (exact) mass is 409 g/mol. The van der Waals surface area contributed by atoms with Crippen molar-refractivity contribution >= 4 is 34.8 Å². The normalized spacial score (nSPS) is 15.8. The van der Waals surface area contributed by atoms with Gasteiger partial charge in [0.15, 0.2) is 5.13 Å². The summed E-state index contributed by atoms with van der Waals surface area (Å²) in [4.78, 5) is 18.6. The molecule has 1 saturated heterocycles. The van der Waals surface area contributed by atoms with Crippen molar-refractivity contribution in [2.75, 3.05) is 25.5 Å². The SMILES string of the molecule is CCCc1ccc(-c2nc(NC(=O)C3(OC)CCNCC3)sc2C)cc1.Cl. The minimum Gasteiger partial charge on any atom is -0.368 e. The molecule has 1 aliphatic rings. The first-order valence-electron chi connectivity index (χ1n) is 9.22. The average molecular weight is 410 g/mol. The first-order valence-corrected chi connectivity index (χ1v) is 10.0. The summed E-state index contributed by atoms with van der Waals surface area (Å²) in [6, 6.07) is 8.54. The van der Waals surface area contributed by atoms with Crippen LogP contribution in [0.15, 0.2) is 24.3 Å². The van der Waals surface area contributed by atoms with Gasteiger partial charge in [-0.25, -0.2) is 4.98 Å². The van der Waals surface area contributed by atoms with E-state index in [4.69, 9.17) is 4.74 Å². The summed E-state index contributed by atoms with van der Waals surface area (Å²) in [6.45, 7) is 5.79. The van der Waals surface area contributed by atoms with Gasteiger partial charge in [0.1, 0.15) is 5.60 Å². The maximum Gasteiger partial charge on any atom is 0.258 e. The molecule has 0 atom stereocenters. The molecule has 27 heavy (non-hydrogen) atoms. The summed E-state index contributed by atoms with van der Waals surface area (Å²) >= 11 is 1.51. The Labute approximate surface area is 171 Å². The van der Waals surface area contributed by atoms with E-state index in [1.165, 1.54) is 16.9 Å². The second-order valence-electron chi connectivity index (χ2n) is 6.77. The van der Waals surface area contributed by atoms with Gasteiger partial charge in [-0.15, -0.1) is 23.7 Å². The van der Waals surface area contributed by atoms with Gasteiger partial charge in [-0.3, -0.25) is 10.1 Å². The highest BCUT2D eigenvalue weighted by atomic mass is 35.5. The number of piperidine rings is 1. The first-order chi connectivity index (χ1) is 12.6. The Balaban J connectivity index is 0.00000261. The predicted octanol–water partition coefficient (Wildman–Crippen LogP) is 4.20. The molecule has 1 fully saturated rings. The van der Waals surface area contributed by atoms with E-state index in [1.54, 1.807) is 7.11 Å². The number of carbonyl (C=O) groups is 1. The molecule has 0 aliphatic carbocycles. The topological polar surface area (TPSA) is 63.2 Å². The van der Waals surface area contributed by atoms with Crippen LogP contribution in [0.5, 0.6) is 0 Å². The van der Waals surface area contributed by atoms with Crippen LogP contribution in [0, 0.1) is 6.92 Å². The van der Waals surface area contributed by atoms with Gasteiger partial charge in [-0.1, -0.05) is 37.6 Å². The fourth-order valence-corrected chi connectivity index (χ4v) is 4.23. The van der Waals surface area contributed by atoms with Gasteiger partial charge < -0.3 is 10.1 Å². The number of aromatic nitrogens is 1. The van der Waals surface area contributed by atoms with Crippen molar-refractivity contribution in [2.24, 2.45) is 0 Å². The molecule has 5 nitrogen and oxygen atoms in total. The van der Waals surface area contributed by atoms with Crippen molar-refractivity contribution in [3.05, 3.63) is 34.7 Å². The number of carbonyl (C=O) groups excluding carboxylic acids is 1. The summed E-state index contributed by atoms with van der Waals surface area (Å²) in [5.41, 5.74) is 2.60. The highest BCUT2D eigenvalue weighted by molar-refractivity contribution is 7.16. The van der Waals surface area contributed by atoms with E-state index in [1.807, 2.05) is 6.92 Å². The van der Waals surface area contributed by atoms with Crippen LogP contribution in [0.25, 0.3) is 11.3 Å². The van der Waals surface area contributed by atoms with Gasteiger partial charge in [0.2, 0.25) is 0 Å². The van der Waals surface area contributed by atoms with Gasteiger partial charge in [0.05, 0.1) is 5.69 Å². The van der Waals surface area contributed by atoms with Gasteiger partial charge in [-0.05, 0) is 44.8 Å². The van der Waals surface area contributed by atoms with Gasteiger partial charge in [0.25, 0.3) is 5.91 Å². The van der Waals surface area contributed by atoms with Crippen LogP contribution in [0.1, 0.15) is 36.6 Å². The number of hydrogen-bond donors (Lipinski definition) is 2. The number of thiazole rings is 1. The zero-order valence-electron chi connectivity index (χ0n) is 16.1. The van der Waals surface area contributed by atoms with E-state index in [9.17, 15) is 4.79 Å². The van der Waals surface area contributed by atoms with E-state index in [2.05, 4.69) is 46.8 Å². The lowest BCUT2D eigenvalue weighted by Crippen LogP contribution is -2.51. The van der Waals surface area contributed by atoms with Crippen LogP contribution in [-0.4, -0.2) is 36.7 Å². The molecule has 1 aromatic heterocycles. The lowest BCUT2D eigenvalue weighted by Gasteiger charge is -2.34. The summed E-state index contributed by atoms with van der Waals surface area (Å²) < 4.78 is 5.60. The highest BCUT2D eigenvalue weighted by Gasteiger charge is 2.40. The van der Waals surface area contributed by atoms with Crippen molar-refractivity contribution in [1.82, 2.24) is 10.3 Å². The van der Waals surface area contributed by atoms with Gasteiger partial charge in [0, 0.05) is 17.6 Å². The van der Waals surface area contributed by atoms with Crippen molar-refractivity contribution in [3.63, 3.8) is 0 Å². The highest BCUT2D eigenvalue weighted by Crippen LogP contribution is 2.32. The number of halogens is 1. The fraction of sp³-hybridized carbons (Fsp3) is 0.500. The molecular weight excluding hydrogens is 382 g/mol. The Morgan fingerprint density at radius 2 is 1.96 bits per heavy atom. The molecule has 0 bridgehead atoms. The summed E-state index contributed by atoms with van der Waals surface area (Å²) in [5, 5.41) is 6.88. The number of benzene rings is 1. The smallest absolute Gasteiger partial charge is 0.258 e. The van der Waals surface area contributed by atoms with Crippen LogP contribution >= 0.6 is 23.7 Å². The molecule has 2 heterocycles. The van der Waals surface area contributed by atoms with E-state index < -0.39 is 5.60 Å². The maximum atomic E-state index is 12.8.